The molecule has 0 bridgehead atoms. The summed E-state index contributed by atoms with van der Waals surface area (Å²) in [6.07, 6.45) is 4.56. The molecule has 0 aliphatic heterocycles. The van der Waals surface area contributed by atoms with Gasteiger partial charge in [-0.15, -0.1) is 0 Å². The van der Waals surface area contributed by atoms with Crippen LogP contribution in [0.3, 0.4) is 0 Å². The maximum absolute atomic E-state index is 5.90. The molecule has 0 saturated heterocycles. The van der Waals surface area contributed by atoms with Crippen molar-refractivity contribution < 1.29 is 4.42 Å². The standard InChI is InChI=1S/C34H32N2O/c1-21(2)17-27-12-13-29-30(20-25-14-16-37-33(25)32(29)36-27)31-28(7-6-15-35-31)24-9-8-23-19-26(34(3,4)5)11-10-22(23)18-24/h6-16,18-21H,17H2,1-5H3. The predicted octanol–water partition coefficient (Wildman–Crippen LogP) is 9.36. The van der Waals surface area contributed by atoms with Gasteiger partial charge in [0.1, 0.15) is 5.52 Å². The molecule has 6 aromatic rings. The third kappa shape index (κ3) is 4.29. The van der Waals surface area contributed by atoms with E-state index >= 15 is 0 Å². The van der Waals surface area contributed by atoms with E-state index in [-0.39, 0.29) is 5.41 Å². The summed E-state index contributed by atoms with van der Waals surface area (Å²) in [5.74, 6) is 0.537. The largest absolute Gasteiger partial charge is 0.462 e. The highest BCUT2D eigenvalue weighted by molar-refractivity contribution is 6.10. The van der Waals surface area contributed by atoms with E-state index in [0.717, 1.165) is 56.4 Å². The average molecular weight is 485 g/mol. The third-order valence-corrected chi connectivity index (χ3v) is 7.15. The number of nitrogens with zero attached hydrogens (tertiary/aromatic N) is 2. The Balaban J connectivity index is 1.54. The molecule has 0 aliphatic carbocycles. The molecule has 3 heteroatoms. The Morgan fingerprint density at radius 2 is 1.62 bits per heavy atom. The molecule has 3 heterocycles. The average Bonchev–Trinajstić information content (AvgIpc) is 3.36. The minimum atomic E-state index is 0.124. The van der Waals surface area contributed by atoms with Crippen LogP contribution in [-0.4, -0.2) is 9.97 Å². The first-order chi connectivity index (χ1) is 17.8. The van der Waals surface area contributed by atoms with Gasteiger partial charge in [0.05, 0.1) is 12.0 Å². The summed E-state index contributed by atoms with van der Waals surface area (Å²) in [5, 5.41) is 4.59. The zero-order chi connectivity index (χ0) is 25.7. The Bertz CT molecular complexity index is 1770. The summed E-state index contributed by atoms with van der Waals surface area (Å²) in [5.41, 5.74) is 8.60. The van der Waals surface area contributed by atoms with Gasteiger partial charge in [0.15, 0.2) is 5.58 Å². The third-order valence-electron chi connectivity index (χ3n) is 7.15. The van der Waals surface area contributed by atoms with E-state index in [9.17, 15) is 0 Å². The van der Waals surface area contributed by atoms with Crippen molar-refractivity contribution in [2.75, 3.05) is 0 Å². The van der Waals surface area contributed by atoms with E-state index in [0.29, 0.717) is 5.92 Å². The van der Waals surface area contributed by atoms with Crippen LogP contribution >= 0.6 is 0 Å². The highest BCUT2D eigenvalue weighted by Crippen LogP contribution is 2.39. The first-order valence-electron chi connectivity index (χ1n) is 13.1. The predicted molar refractivity (Wildman–Crippen MR) is 155 cm³/mol. The molecule has 0 spiro atoms. The van der Waals surface area contributed by atoms with Gasteiger partial charge in [0.2, 0.25) is 0 Å². The number of hydrogen-bond donors (Lipinski definition) is 0. The molecular weight excluding hydrogens is 452 g/mol. The zero-order valence-corrected chi connectivity index (χ0v) is 22.2. The normalized spacial score (nSPS) is 12.3. The molecule has 0 radical (unpaired) electrons. The number of benzene rings is 3. The Kier molecular flexibility index (Phi) is 5.60. The van der Waals surface area contributed by atoms with Crippen LogP contribution in [0, 0.1) is 5.92 Å². The van der Waals surface area contributed by atoms with E-state index in [1.165, 1.54) is 16.3 Å². The summed E-state index contributed by atoms with van der Waals surface area (Å²) in [6.45, 7) is 11.2. The van der Waals surface area contributed by atoms with Crippen molar-refractivity contribution in [2.24, 2.45) is 5.92 Å². The van der Waals surface area contributed by atoms with E-state index < -0.39 is 0 Å². The number of fused-ring (bicyclic) bond motifs is 4. The second-order valence-electron chi connectivity index (χ2n) is 11.5. The fourth-order valence-corrected chi connectivity index (χ4v) is 5.21. The summed E-state index contributed by atoms with van der Waals surface area (Å²) in [6, 6.07) is 26.2. The molecule has 6 rings (SSSR count). The van der Waals surface area contributed by atoms with Crippen LogP contribution in [0.25, 0.3) is 55.0 Å². The minimum absolute atomic E-state index is 0.124. The Morgan fingerprint density at radius 3 is 2.43 bits per heavy atom. The van der Waals surface area contributed by atoms with Crippen molar-refractivity contribution >= 4 is 32.6 Å². The van der Waals surface area contributed by atoms with Gasteiger partial charge in [-0.3, -0.25) is 4.98 Å². The van der Waals surface area contributed by atoms with E-state index in [4.69, 9.17) is 14.4 Å². The van der Waals surface area contributed by atoms with Crippen LogP contribution in [0.2, 0.25) is 0 Å². The fourth-order valence-electron chi connectivity index (χ4n) is 5.21. The van der Waals surface area contributed by atoms with Gasteiger partial charge < -0.3 is 4.42 Å². The summed E-state index contributed by atoms with van der Waals surface area (Å²) in [4.78, 5) is 9.96. The fraction of sp³-hybridized carbons (Fsp3) is 0.235. The summed E-state index contributed by atoms with van der Waals surface area (Å²) >= 11 is 0. The second kappa shape index (κ2) is 8.85. The monoisotopic (exact) mass is 484 g/mol. The van der Waals surface area contributed by atoms with Crippen LogP contribution < -0.4 is 0 Å². The summed E-state index contributed by atoms with van der Waals surface area (Å²) < 4.78 is 5.90. The lowest BCUT2D eigenvalue weighted by molar-refractivity contribution is 0.591. The van der Waals surface area contributed by atoms with Crippen molar-refractivity contribution in [3.8, 4) is 22.4 Å². The maximum atomic E-state index is 5.90. The molecule has 0 aliphatic rings. The van der Waals surface area contributed by atoms with Gasteiger partial charge in [0.25, 0.3) is 0 Å². The summed E-state index contributed by atoms with van der Waals surface area (Å²) in [7, 11) is 0. The zero-order valence-electron chi connectivity index (χ0n) is 22.2. The lowest BCUT2D eigenvalue weighted by Gasteiger charge is -2.19. The number of furan rings is 1. The first kappa shape index (κ1) is 23.4. The van der Waals surface area contributed by atoms with Gasteiger partial charge in [-0.1, -0.05) is 77.1 Å². The molecule has 3 aromatic heterocycles. The van der Waals surface area contributed by atoms with Gasteiger partial charge in [-0.25, -0.2) is 4.98 Å². The SMILES string of the molecule is CC(C)Cc1ccc2c(-c3ncccc3-c3ccc4cc(C(C)(C)C)ccc4c3)cc3ccoc3c2n1. The molecule has 0 atom stereocenters. The second-order valence-corrected chi connectivity index (χ2v) is 11.5. The Hall–Kier alpha value is -3.98. The number of hydrogen-bond acceptors (Lipinski definition) is 3. The van der Waals surface area contributed by atoms with Crippen molar-refractivity contribution in [2.45, 2.75) is 46.5 Å². The molecule has 0 saturated carbocycles. The van der Waals surface area contributed by atoms with Crippen LogP contribution in [-0.2, 0) is 11.8 Å². The molecule has 0 unspecified atom stereocenters. The topological polar surface area (TPSA) is 38.9 Å². The molecule has 0 amide bonds. The van der Waals surface area contributed by atoms with Crippen molar-refractivity contribution in [3.05, 3.63) is 96.5 Å². The van der Waals surface area contributed by atoms with Crippen molar-refractivity contribution in [1.82, 2.24) is 9.97 Å². The van der Waals surface area contributed by atoms with Crippen LogP contribution in [0.15, 0.2) is 89.7 Å². The van der Waals surface area contributed by atoms with Gasteiger partial charge in [-0.2, -0.15) is 0 Å². The first-order valence-corrected chi connectivity index (χ1v) is 13.1. The highest BCUT2D eigenvalue weighted by Gasteiger charge is 2.18. The number of rotatable bonds is 4. The van der Waals surface area contributed by atoms with Crippen LogP contribution in [0.5, 0.6) is 0 Å². The lowest BCUT2D eigenvalue weighted by atomic mass is 9.85. The maximum Gasteiger partial charge on any atom is 0.160 e. The van der Waals surface area contributed by atoms with Gasteiger partial charge in [-0.05, 0) is 70.0 Å². The van der Waals surface area contributed by atoms with Crippen molar-refractivity contribution in [3.63, 3.8) is 0 Å². The smallest absolute Gasteiger partial charge is 0.160 e. The van der Waals surface area contributed by atoms with Crippen molar-refractivity contribution in [1.29, 1.82) is 0 Å². The Morgan fingerprint density at radius 1 is 0.811 bits per heavy atom. The Labute approximate surface area is 218 Å². The van der Waals surface area contributed by atoms with Gasteiger partial charge in [0, 0.05) is 33.8 Å². The van der Waals surface area contributed by atoms with E-state index in [1.807, 2.05) is 18.3 Å². The number of pyridine rings is 2. The molecule has 0 fully saturated rings. The van der Waals surface area contributed by atoms with Crippen LogP contribution in [0.1, 0.15) is 45.9 Å². The molecule has 0 N–H and O–H groups in total. The van der Waals surface area contributed by atoms with E-state index in [1.54, 1.807) is 6.26 Å². The molecule has 3 aromatic carbocycles. The quantitative estimate of drug-likeness (QED) is 0.250. The van der Waals surface area contributed by atoms with E-state index in [2.05, 4.69) is 95.3 Å². The molecular formula is C34H32N2O. The molecule has 37 heavy (non-hydrogen) atoms. The highest BCUT2D eigenvalue weighted by atomic mass is 16.3. The number of aromatic nitrogens is 2. The van der Waals surface area contributed by atoms with Crippen LogP contribution in [0.4, 0.5) is 0 Å². The minimum Gasteiger partial charge on any atom is -0.462 e. The molecule has 3 nitrogen and oxygen atoms in total. The lowest BCUT2D eigenvalue weighted by Crippen LogP contribution is -2.10. The molecule has 184 valence electrons. The van der Waals surface area contributed by atoms with Gasteiger partial charge >= 0.3 is 0 Å².